The third-order valence-corrected chi connectivity index (χ3v) is 2.41. The van der Waals surface area contributed by atoms with Crippen LogP contribution in [0.2, 0.25) is 0 Å². The summed E-state index contributed by atoms with van der Waals surface area (Å²) in [6.07, 6.45) is 6.16. The van der Waals surface area contributed by atoms with Gasteiger partial charge in [0.1, 0.15) is 11.8 Å². The molecule has 0 saturated carbocycles. The maximum absolute atomic E-state index is 10.7. The predicted octanol–water partition coefficient (Wildman–Crippen LogP) is -1.98. The smallest absolute Gasteiger partial charge is 0.542 e. The molecule has 0 saturated heterocycles. The second-order valence-corrected chi connectivity index (χ2v) is 4.03. The third-order valence-electron chi connectivity index (χ3n) is 2.41. The van der Waals surface area contributed by atoms with Crippen molar-refractivity contribution in [3.63, 3.8) is 0 Å². The molecule has 0 aliphatic rings. The molecule has 17 heavy (non-hydrogen) atoms. The quantitative estimate of drug-likeness (QED) is 0.249. The number of ketones is 2. The van der Waals surface area contributed by atoms with E-state index >= 15 is 0 Å². The van der Waals surface area contributed by atoms with Crippen molar-refractivity contribution in [3.05, 3.63) is 0 Å². The standard InChI is InChI=1S/C12H20O4.Li/c1-10(13)8-6-4-2-3-5-7-9-11(14)12(15)16;/h2-9H2,1H3,(H,15,16);/q;+1/p-1. The van der Waals surface area contributed by atoms with Crippen molar-refractivity contribution in [2.24, 2.45) is 0 Å². The van der Waals surface area contributed by atoms with Crippen LogP contribution in [0.1, 0.15) is 58.3 Å². The first-order valence-corrected chi connectivity index (χ1v) is 5.77. The van der Waals surface area contributed by atoms with E-state index < -0.39 is 11.8 Å². The van der Waals surface area contributed by atoms with Crippen molar-refractivity contribution in [1.82, 2.24) is 0 Å². The minimum Gasteiger partial charge on any atom is -0.542 e. The Balaban J connectivity index is 0. The molecule has 0 aromatic rings. The minimum absolute atomic E-state index is 0. The molecule has 0 spiro atoms. The van der Waals surface area contributed by atoms with Gasteiger partial charge in [-0.3, -0.25) is 4.79 Å². The van der Waals surface area contributed by atoms with Gasteiger partial charge in [-0.25, -0.2) is 0 Å². The van der Waals surface area contributed by atoms with E-state index in [1.807, 2.05) is 0 Å². The molecule has 0 rings (SSSR count). The molecule has 0 amide bonds. The van der Waals surface area contributed by atoms with E-state index in [0.29, 0.717) is 12.8 Å². The van der Waals surface area contributed by atoms with E-state index in [9.17, 15) is 19.5 Å². The van der Waals surface area contributed by atoms with Gasteiger partial charge >= 0.3 is 18.9 Å². The molecule has 0 aliphatic carbocycles. The molecule has 0 atom stereocenters. The van der Waals surface area contributed by atoms with Gasteiger partial charge in [-0.15, -0.1) is 0 Å². The molecule has 0 aromatic carbocycles. The Hall–Kier alpha value is -0.593. The Morgan fingerprint density at radius 3 is 1.65 bits per heavy atom. The second kappa shape index (κ2) is 11.9. The van der Waals surface area contributed by atoms with E-state index in [1.54, 1.807) is 6.92 Å². The Morgan fingerprint density at radius 1 is 0.824 bits per heavy atom. The molecule has 0 fully saturated rings. The van der Waals surface area contributed by atoms with Gasteiger partial charge in [0.25, 0.3) is 0 Å². The molecular weight excluding hydrogens is 215 g/mol. The van der Waals surface area contributed by atoms with Crippen molar-refractivity contribution < 1.29 is 38.4 Å². The average molecular weight is 234 g/mol. The van der Waals surface area contributed by atoms with Gasteiger partial charge in [0, 0.05) is 12.8 Å². The van der Waals surface area contributed by atoms with Crippen LogP contribution in [0.3, 0.4) is 0 Å². The first-order chi connectivity index (χ1) is 7.54. The number of carboxylic acid groups (broad SMARTS) is 1. The fourth-order valence-electron chi connectivity index (χ4n) is 1.47. The van der Waals surface area contributed by atoms with Crippen LogP contribution in [0.4, 0.5) is 0 Å². The van der Waals surface area contributed by atoms with Crippen molar-refractivity contribution in [2.45, 2.75) is 58.3 Å². The Labute approximate surface area is 114 Å². The van der Waals surface area contributed by atoms with E-state index in [2.05, 4.69) is 0 Å². The van der Waals surface area contributed by atoms with Crippen molar-refractivity contribution in [3.8, 4) is 0 Å². The first kappa shape index (κ1) is 18.8. The summed E-state index contributed by atoms with van der Waals surface area (Å²) in [7, 11) is 0. The van der Waals surface area contributed by atoms with Gasteiger partial charge < -0.3 is 14.7 Å². The molecule has 0 bridgehead atoms. The van der Waals surface area contributed by atoms with Gasteiger partial charge in [-0.2, -0.15) is 0 Å². The summed E-state index contributed by atoms with van der Waals surface area (Å²) in [6, 6.07) is 0. The molecule has 4 nitrogen and oxygen atoms in total. The summed E-state index contributed by atoms with van der Waals surface area (Å²) < 4.78 is 0. The Bertz CT molecular complexity index is 251. The maximum atomic E-state index is 10.7. The van der Waals surface area contributed by atoms with Crippen LogP contribution in [0, 0.1) is 0 Å². The molecule has 5 heteroatoms. The number of aliphatic carboxylic acids is 1. The summed E-state index contributed by atoms with van der Waals surface area (Å²) in [5.41, 5.74) is 0. The number of unbranched alkanes of at least 4 members (excludes halogenated alkanes) is 5. The van der Waals surface area contributed by atoms with Crippen LogP contribution in [-0.4, -0.2) is 17.5 Å². The predicted molar refractivity (Wildman–Crippen MR) is 57.6 cm³/mol. The van der Waals surface area contributed by atoms with Gasteiger partial charge in [-0.05, 0) is 19.8 Å². The molecule has 0 aromatic heterocycles. The van der Waals surface area contributed by atoms with Gasteiger partial charge in [0.15, 0.2) is 5.78 Å². The molecular formula is C12H19LiO4. The minimum atomic E-state index is -1.58. The fourth-order valence-corrected chi connectivity index (χ4v) is 1.47. The number of carbonyl (C=O) groups excluding carboxylic acids is 3. The van der Waals surface area contributed by atoms with Gasteiger partial charge in [-0.1, -0.05) is 25.7 Å². The summed E-state index contributed by atoms with van der Waals surface area (Å²) in [5, 5.41) is 10.1. The number of hydrogen-bond acceptors (Lipinski definition) is 4. The number of carboxylic acids is 1. The van der Waals surface area contributed by atoms with Crippen molar-refractivity contribution in [1.29, 1.82) is 0 Å². The maximum Gasteiger partial charge on any atom is 1.00 e. The molecule has 0 radical (unpaired) electrons. The van der Waals surface area contributed by atoms with Crippen LogP contribution < -0.4 is 24.0 Å². The first-order valence-electron chi connectivity index (χ1n) is 5.77. The van der Waals surface area contributed by atoms with E-state index in [4.69, 9.17) is 0 Å². The number of rotatable bonds is 10. The topological polar surface area (TPSA) is 74.3 Å². The van der Waals surface area contributed by atoms with Crippen molar-refractivity contribution >= 4 is 17.5 Å². The fraction of sp³-hybridized carbons (Fsp3) is 0.750. The van der Waals surface area contributed by atoms with Crippen LogP contribution in [-0.2, 0) is 14.4 Å². The summed E-state index contributed by atoms with van der Waals surface area (Å²) >= 11 is 0. The summed E-state index contributed by atoms with van der Waals surface area (Å²) in [6.45, 7) is 1.59. The van der Waals surface area contributed by atoms with Crippen LogP contribution in [0.5, 0.6) is 0 Å². The SMILES string of the molecule is CC(=O)CCCCCCCCC(=O)C(=O)[O-].[Li+]. The van der Waals surface area contributed by atoms with E-state index in [0.717, 1.165) is 32.1 Å². The number of carbonyl (C=O) groups is 3. The third kappa shape index (κ3) is 13.3. The molecule has 0 heterocycles. The summed E-state index contributed by atoms with van der Waals surface area (Å²) in [4.78, 5) is 31.3. The van der Waals surface area contributed by atoms with Crippen molar-refractivity contribution in [2.75, 3.05) is 0 Å². The summed E-state index contributed by atoms with van der Waals surface area (Å²) in [5.74, 6) is -2.17. The Kier molecular flexibility index (Phi) is 13.1. The molecule has 92 valence electrons. The largest absolute Gasteiger partial charge is 1.00 e. The molecule has 0 aliphatic heterocycles. The molecule has 0 unspecified atom stereocenters. The molecule has 0 N–H and O–H groups in total. The van der Waals surface area contributed by atoms with E-state index in [-0.39, 0.29) is 31.1 Å². The zero-order chi connectivity index (χ0) is 12.4. The van der Waals surface area contributed by atoms with Crippen LogP contribution in [0.15, 0.2) is 0 Å². The Morgan fingerprint density at radius 2 is 1.24 bits per heavy atom. The number of Topliss-reactive ketones (excluding diaryl/α,β-unsaturated/α-hetero) is 2. The van der Waals surface area contributed by atoms with E-state index in [1.165, 1.54) is 0 Å². The second-order valence-electron chi connectivity index (χ2n) is 4.03. The van der Waals surface area contributed by atoms with Gasteiger partial charge in [0.2, 0.25) is 0 Å². The monoisotopic (exact) mass is 234 g/mol. The number of hydrogen-bond donors (Lipinski definition) is 0. The zero-order valence-corrected chi connectivity index (χ0v) is 10.8. The normalized spacial score (nSPS) is 9.47. The van der Waals surface area contributed by atoms with Crippen LogP contribution in [0.25, 0.3) is 0 Å². The van der Waals surface area contributed by atoms with Gasteiger partial charge in [0.05, 0.1) is 0 Å². The van der Waals surface area contributed by atoms with Crippen LogP contribution >= 0.6 is 0 Å². The zero-order valence-electron chi connectivity index (χ0n) is 10.8. The average Bonchev–Trinajstić information content (AvgIpc) is 2.21.